The summed E-state index contributed by atoms with van der Waals surface area (Å²) in [6.45, 7) is 0. The molecule has 0 saturated carbocycles. The summed E-state index contributed by atoms with van der Waals surface area (Å²) in [5.41, 5.74) is 0.145. The lowest BCUT2D eigenvalue weighted by Crippen LogP contribution is -2.11. The van der Waals surface area contributed by atoms with E-state index in [1.54, 1.807) is 12.1 Å². The molecule has 1 aromatic heterocycles. The molecular formula is C22H17FO5S. The van der Waals surface area contributed by atoms with Crippen molar-refractivity contribution in [1.29, 1.82) is 0 Å². The van der Waals surface area contributed by atoms with Gasteiger partial charge in [-0.15, -0.1) is 11.3 Å². The van der Waals surface area contributed by atoms with Gasteiger partial charge in [-0.2, -0.15) is 0 Å². The van der Waals surface area contributed by atoms with Gasteiger partial charge in [-0.05, 0) is 60.0 Å². The molecule has 0 spiro atoms. The van der Waals surface area contributed by atoms with Gasteiger partial charge in [-0.3, -0.25) is 4.79 Å². The minimum absolute atomic E-state index is 0.0352. The van der Waals surface area contributed by atoms with Crippen molar-refractivity contribution in [3.63, 3.8) is 0 Å². The second-order valence-electron chi connectivity index (χ2n) is 5.81. The molecule has 0 aliphatic rings. The van der Waals surface area contributed by atoms with Crippen LogP contribution in [0.5, 0.6) is 17.2 Å². The minimum Gasteiger partial charge on any atom is -0.493 e. The fourth-order valence-electron chi connectivity index (χ4n) is 2.54. The highest BCUT2D eigenvalue weighted by Gasteiger charge is 2.18. The highest BCUT2D eigenvalue weighted by molar-refractivity contribution is 7.10. The molecule has 0 N–H and O–H groups in total. The van der Waals surface area contributed by atoms with Crippen molar-refractivity contribution in [2.45, 2.75) is 0 Å². The van der Waals surface area contributed by atoms with Crippen molar-refractivity contribution >= 4 is 29.2 Å². The molecule has 0 saturated heterocycles. The molecule has 0 atom stereocenters. The normalized spacial score (nSPS) is 10.7. The first-order chi connectivity index (χ1) is 14.0. The zero-order valence-electron chi connectivity index (χ0n) is 15.7. The van der Waals surface area contributed by atoms with Crippen LogP contribution in [0.1, 0.15) is 25.6 Å². The van der Waals surface area contributed by atoms with Crippen LogP contribution in [0.3, 0.4) is 0 Å². The molecule has 0 aliphatic heterocycles. The molecule has 2 aromatic carbocycles. The molecule has 5 nitrogen and oxygen atoms in total. The zero-order valence-corrected chi connectivity index (χ0v) is 16.5. The second kappa shape index (κ2) is 9.16. The summed E-state index contributed by atoms with van der Waals surface area (Å²) in [4.78, 5) is 26.0. The number of ether oxygens (including phenoxy) is 3. The first-order valence-electron chi connectivity index (χ1n) is 8.51. The van der Waals surface area contributed by atoms with Gasteiger partial charge >= 0.3 is 5.97 Å². The molecule has 3 rings (SSSR count). The number of carbonyl (C=O) groups is 2. The number of ketones is 1. The van der Waals surface area contributed by atoms with Crippen LogP contribution in [0.2, 0.25) is 0 Å². The molecule has 3 aromatic rings. The highest BCUT2D eigenvalue weighted by atomic mass is 32.1. The number of hydrogen-bond acceptors (Lipinski definition) is 6. The third kappa shape index (κ3) is 4.89. The van der Waals surface area contributed by atoms with Gasteiger partial charge in [-0.1, -0.05) is 6.07 Å². The van der Waals surface area contributed by atoms with Gasteiger partial charge in [0.1, 0.15) is 11.6 Å². The number of carbonyl (C=O) groups excluding carboxylic acids is 2. The monoisotopic (exact) mass is 412 g/mol. The Morgan fingerprint density at radius 2 is 1.72 bits per heavy atom. The maximum absolute atomic E-state index is 13.7. The Kier molecular flexibility index (Phi) is 6.41. The SMILES string of the molecule is COc1ccc(C(=O)Oc2ccc(F)cc2C(=O)/C=C/c2cccs2)cc1OC. The van der Waals surface area contributed by atoms with Gasteiger partial charge < -0.3 is 14.2 Å². The van der Waals surface area contributed by atoms with E-state index in [0.29, 0.717) is 11.5 Å². The molecule has 7 heteroatoms. The van der Waals surface area contributed by atoms with Crippen molar-refractivity contribution in [1.82, 2.24) is 0 Å². The van der Waals surface area contributed by atoms with E-state index in [4.69, 9.17) is 14.2 Å². The first kappa shape index (κ1) is 20.3. The standard InChI is InChI=1S/C22H17FO5S/c1-26-20-9-5-14(12-21(20)27-2)22(25)28-19-10-6-15(23)13-17(19)18(24)8-7-16-4-3-11-29-16/h3-13H,1-2H3/b8-7+. The molecule has 29 heavy (non-hydrogen) atoms. The molecule has 0 radical (unpaired) electrons. The van der Waals surface area contributed by atoms with E-state index in [9.17, 15) is 14.0 Å². The summed E-state index contributed by atoms with van der Waals surface area (Å²) < 4.78 is 29.4. The molecule has 1 heterocycles. The van der Waals surface area contributed by atoms with Crippen LogP contribution in [0.25, 0.3) is 6.08 Å². The molecule has 148 valence electrons. The molecular weight excluding hydrogens is 395 g/mol. The Balaban J connectivity index is 1.85. The largest absolute Gasteiger partial charge is 0.493 e. The predicted octanol–water partition coefficient (Wildman–Crippen LogP) is 5.02. The van der Waals surface area contributed by atoms with Crippen molar-refractivity contribution in [2.24, 2.45) is 0 Å². The maximum atomic E-state index is 13.7. The van der Waals surface area contributed by atoms with Gasteiger partial charge in [0.2, 0.25) is 0 Å². The van der Waals surface area contributed by atoms with E-state index in [1.165, 1.54) is 49.8 Å². The van der Waals surface area contributed by atoms with Gasteiger partial charge in [0.05, 0.1) is 25.3 Å². The number of hydrogen-bond donors (Lipinski definition) is 0. The van der Waals surface area contributed by atoms with Crippen molar-refractivity contribution in [3.8, 4) is 17.2 Å². The summed E-state index contributed by atoms with van der Waals surface area (Å²) in [7, 11) is 2.93. The highest BCUT2D eigenvalue weighted by Crippen LogP contribution is 2.29. The van der Waals surface area contributed by atoms with Crippen LogP contribution in [0.15, 0.2) is 60.0 Å². The Labute approximate surface area is 171 Å². The summed E-state index contributed by atoms with van der Waals surface area (Å²) in [5, 5.41) is 1.88. The van der Waals surface area contributed by atoms with Crippen molar-refractivity contribution < 1.29 is 28.2 Å². The lowest BCUT2D eigenvalue weighted by Gasteiger charge is -2.11. The van der Waals surface area contributed by atoms with Crippen LogP contribution in [0.4, 0.5) is 4.39 Å². The van der Waals surface area contributed by atoms with Crippen LogP contribution in [0, 0.1) is 5.82 Å². The smallest absolute Gasteiger partial charge is 0.343 e. The third-order valence-electron chi connectivity index (χ3n) is 3.97. The predicted molar refractivity (Wildman–Crippen MR) is 109 cm³/mol. The van der Waals surface area contributed by atoms with Gasteiger partial charge in [0.15, 0.2) is 17.3 Å². The van der Waals surface area contributed by atoms with Gasteiger partial charge in [-0.25, -0.2) is 9.18 Å². The third-order valence-corrected chi connectivity index (χ3v) is 4.81. The Bertz CT molecular complexity index is 1060. The molecule has 0 amide bonds. The minimum atomic E-state index is -0.714. The number of thiophene rings is 1. The number of rotatable bonds is 7. The van der Waals surface area contributed by atoms with E-state index in [2.05, 4.69) is 0 Å². The molecule has 0 unspecified atom stereocenters. The van der Waals surface area contributed by atoms with E-state index in [-0.39, 0.29) is 16.9 Å². The maximum Gasteiger partial charge on any atom is 0.343 e. The lowest BCUT2D eigenvalue weighted by molar-refractivity contribution is 0.0732. The van der Waals surface area contributed by atoms with Crippen molar-refractivity contribution in [2.75, 3.05) is 14.2 Å². The van der Waals surface area contributed by atoms with Crippen LogP contribution < -0.4 is 14.2 Å². The summed E-state index contributed by atoms with van der Waals surface area (Å²) in [6.07, 6.45) is 2.94. The van der Waals surface area contributed by atoms with E-state index >= 15 is 0 Å². The number of allylic oxidation sites excluding steroid dienone is 1. The zero-order chi connectivity index (χ0) is 20.8. The Morgan fingerprint density at radius 3 is 2.41 bits per heavy atom. The van der Waals surface area contributed by atoms with Crippen molar-refractivity contribution in [3.05, 3.63) is 81.8 Å². The average molecular weight is 412 g/mol. The van der Waals surface area contributed by atoms with Crippen LogP contribution >= 0.6 is 11.3 Å². The first-order valence-corrected chi connectivity index (χ1v) is 9.39. The summed E-state index contributed by atoms with van der Waals surface area (Å²) in [6, 6.07) is 11.6. The van der Waals surface area contributed by atoms with Gasteiger partial charge in [0.25, 0.3) is 0 Å². The second-order valence-corrected chi connectivity index (χ2v) is 6.79. The molecule has 0 aliphatic carbocycles. The topological polar surface area (TPSA) is 61.8 Å². The number of benzene rings is 2. The summed E-state index contributed by atoms with van der Waals surface area (Å²) in [5.74, 6) is -1.02. The van der Waals surface area contributed by atoms with Crippen LogP contribution in [-0.4, -0.2) is 26.0 Å². The fraction of sp³-hybridized carbons (Fsp3) is 0.0909. The number of methoxy groups -OCH3 is 2. The number of esters is 1. The number of halogens is 1. The molecule has 0 bridgehead atoms. The van der Waals surface area contributed by atoms with E-state index in [1.807, 2.05) is 17.5 Å². The van der Waals surface area contributed by atoms with Crippen LogP contribution in [-0.2, 0) is 0 Å². The molecule has 0 fully saturated rings. The van der Waals surface area contributed by atoms with E-state index in [0.717, 1.165) is 17.0 Å². The lowest BCUT2D eigenvalue weighted by atomic mass is 10.1. The average Bonchev–Trinajstić information content (AvgIpc) is 3.26. The van der Waals surface area contributed by atoms with E-state index < -0.39 is 17.6 Å². The fourth-order valence-corrected chi connectivity index (χ4v) is 3.16. The summed E-state index contributed by atoms with van der Waals surface area (Å²) >= 11 is 1.46. The van der Waals surface area contributed by atoms with Gasteiger partial charge in [0, 0.05) is 4.88 Å². The Morgan fingerprint density at radius 1 is 0.966 bits per heavy atom. The Hall–Kier alpha value is -3.45. The quantitative estimate of drug-likeness (QED) is 0.236.